The molecule has 6 rings (SSSR count). The van der Waals surface area contributed by atoms with Crippen LogP contribution in [0.2, 0.25) is 0 Å². The molecular weight excluding hydrogens is 510 g/mol. The van der Waals surface area contributed by atoms with E-state index < -0.39 is 17.5 Å². The molecule has 0 bridgehead atoms. The zero-order valence-corrected chi connectivity index (χ0v) is 20.5. The highest BCUT2D eigenvalue weighted by molar-refractivity contribution is 9.10. The lowest BCUT2D eigenvalue weighted by molar-refractivity contribution is -0.534. The van der Waals surface area contributed by atoms with Crippen LogP contribution in [-0.2, 0) is 16.9 Å². The first-order valence-electron chi connectivity index (χ1n) is 11.8. The van der Waals surface area contributed by atoms with Gasteiger partial charge in [0.15, 0.2) is 5.54 Å². The van der Waals surface area contributed by atoms with E-state index in [0.717, 1.165) is 34.0 Å². The van der Waals surface area contributed by atoms with Crippen molar-refractivity contribution in [2.45, 2.75) is 43.0 Å². The second kappa shape index (κ2) is 8.46. The van der Waals surface area contributed by atoms with E-state index >= 15 is 0 Å². The topological polar surface area (TPSA) is 84.7 Å². The SMILES string of the molecule is O=C1Nc2ccccc2[C@]12[C@H]([N+](=O)[O-])[C@H](c1ccc(OCc3ccc(Br)cc3)cc1)[C@@H]1CCCN12. The Labute approximate surface area is 211 Å². The highest BCUT2D eigenvalue weighted by Gasteiger charge is 2.73. The first-order chi connectivity index (χ1) is 17.0. The minimum Gasteiger partial charge on any atom is -0.489 e. The molecule has 0 unspecified atom stereocenters. The summed E-state index contributed by atoms with van der Waals surface area (Å²) in [6.45, 7) is 1.10. The Morgan fingerprint density at radius 2 is 1.83 bits per heavy atom. The van der Waals surface area contributed by atoms with Gasteiger partial charge in [0.05, 0.1) is 5.92 Å². The third-order valence-corrected chi connectivity index (χ3v) is 8.21. The van der Waals surface area contributed by atoms with Gasteiger partial charge in [-0.15, -0.1) is 0 Å². The molecule has 178 valence electrons. The lowest BCUT2D eigenvalue weighted by atomic mass is 9.77. The van der Waals surface area contributed by atoms with Gasteiger partial charge < -0.3 is 10.1 Å². The van der Waals surface area contributed by atoms with Crippen LogP contribution in [0.5, 0.6) is 5.75 Å². The number of carbonyl (C=O) groups is 1. The number of hydrogen-bond acceptors (Lipinski definition) is 5. The van der Waals surface area contributed by atoms with Crippen LogP contribution in [0.25, 0.3) is 0 Å². The summed E-state index contributed by atoms with van der Waals surface area (Å²) in [4.78, 5) is 28.0. The van der Waals surface area contributed by atoms with Crippen LogP contribution >= 0.6 is 15.9 Å². The van der Waals surface area contributed by atoms with Crippen molar-refractivity contribution in [2.75, 3.05) is 11.9 Å². The van der Waals surface area contributed by atoms with E-state index in [9.17, 15) is 14.9 Å². The van der Waals surface area contributed by atoms with Crippen molar-refractivity contribution >= 4 is 27.5 Å². The number of halogens is 1. The maximum atomic E-state index is 13.5. The summed E-state index contributed by atoms with van der Waals surface area (Å²) in [5.41, 5.74) is 2.02. The van der Waals surface area contributed by atoms with Gasteiger partial charge in [0.1, 0.15) is 12.4 Å². The van der Waals surface area contributed by atoms with Gasteiger partial charge in [-0.05, 0) is 54.3 Å². The molecule has 3 heterocycles. The highest BCUT2D eigenvalue weighted by Crippen LogP contribution is 2.58. The Morgan fingerprint density at radius 1 is 1.09 bits per heavy atom. The molecule has 7 nitrogen and oxygen atoms in total. The second-order valence-corrected chi connectivity index (χ2v) is 10.3. The second-order valence-electron chi connectivity index (χ2n) is 9.41. The van der Waals surface area contributed by atoms with Crippen LogP contribution in [-0.4, -0.2) is 34.4 Å². The Bertz CT molecular complexity index is 1300. The Kier molecular flexibility index (Phi) is 5.38. The maximum Gasteiger partial charge on any atom is 0.256 e. The van der Waals surface area contributed by atoms with Crippen LogP contribution in [0, 0.1) is 10.1 Å². The molecule has 2 saturated heterocycles. The summed E-state index contributed by atoms with van der Waals surface area (Å²) in [6, 6.07) is 21.8. The van der Waals surface area contributed by atoms with E-state index in [4.69, 9.17) is 4.74 Å². The molecule has 4 atom stereocenters. The van der Waals surface area contributed by atoms with E-state index in [1.165, 1.54) is 0 Å². The zero-order chi connectivity index (χ0) is 24.2. The number of nitro groups is 1. The number of carbonyl (C=O) groups excluding carboxylic acids is 1. The molecule has 3 aromatic rings. The molecule has 35 heavy (non-hydrogen) atoms. The number of anilines is 1. The van der Waals surface area contributed by atoms with Gasteiger partial charge in [-0.2, -0.15) is 0 Å². The third kappa shape index (κ3) is 3.38. The monoisotopic (exact) mass is 533 g/mol. The van der Waals surface area contributed by atoms with E-state index in [-0.39, 0.29) is 16.9 Å². The number of nitrogens with one attached hydrogen (secondary N) is 1. The molecule has 3 aromatic carbocycles. The molecule has 0 radical (unpaired) electrons. The number of amides is 1. The van der Waals surface area contributed by atoms with Gasteiger partial charge in [0.2, 0.25) is 0 Å². The van der Waals surface area contributed by atoms with E-state index in [1.807, 2.05) is 72.8 Å². The standard InChI is InChI=1S/C27H24BrN3O4/c28-19-11-7-17(8-12-19)16-35-20-13-9-18(10-14-20)24-23-6-3-15-30(23)27(25(24)31(33)34)21-4-1-2-5-22(21)29-26(27)32/h1-2,4-5,7-14,23-25H,3,6,15-16H2,(H,29,32)/t23-,24+,25+,27-/m0/s1. The zero-order valence-electron chi connectivity index (χ0n) is 18.9. The molecular formula is C27H24BrN3O4. The molecule has 1 spiro atoms. The van der Waals surface area contributed by atoms with Crippen molar-refractivity contribution < 1.29 is 14.5 Å². The van der Waals surface area contributed by atoms with Gasteiger partial charge in [-0.3, -0.25) is 19.8 Å². The van der Waals surface area contributed by atoms with Crippen LogP contribution in [0.3, 0.4) is 0 Å². The number of ether oxygens (including phenoxy) is 1. The number of nitrogens with zero attached hydrogens (tertiary/aromatic N) is 2. The van der Waals surface area contributed by atoms with Crippen molar-refractivity contribution in [2.24, 2.45) is 0 Å². The largest absolute Gasteiger partial charge is 0.489 e. The number of fused-ring (bicyclic) bond motifs is 4. The summed E-state index contributed by atoms with van der Waals surface area (Å²) < 4.78 is 6.96. The van der Waals surface area contributed by atoms with Crippen LogP contribution in [0.15, 0.2) is 77.3 Å². The quantitative estimate of drug-likeness (QED) is 0.365. The van der Waals surface area contributed by atoms with Gasteiger partial charge in [-0.1, -0.05) is 58.4 Å². The summed E-state index contributed by atoms with van der Waals surface area (Å²) in [6.07, 6.45) is 1.74. The van der Waals surface area contributed by atoms with Gasteiger partial charge >= 0.3 is 0 Å². The smallest absolute Gasteiger partial charge is 0.256 e. The summed E-state index contributed by atoms with van der Waals surface area (Å²) in [5, 5.41) is 15.6. The summed E-state index contributed by atoms with van der Waals surface area (Å²) >= 11 is 3.43. The van der Waals surface area contributed by atoms with Crippen LogP contribution in [0.1, 0.15) is 35.4 Å². The molecule has 1 N–H and O–H groups in total. The predicted octanol–water partition coefficient (Wildman–Crippen LogP) is 5.08. The molecule has 2 fully saturated rings. The molecule has 0 saturated carbocycles. The van der Waals surface area contributed by atoms with Gasteiger partial charge in [-0.25, -0.2) is 0 Å². The van der Waals surface area contributed by atoms with E-state index in [1.54, 1.807) is 0 Å². The molecule has 8 heteroatoms. The molecule has 3 aliphatic heterocycles. The Balaban J connectivity index is 1.34. The minimum atomic E-state index is -1.29. The number of benzene rings is 3. The third-order valence-electron chi connectivity index (χ3n) is 7.68. The number of rotatable bonds is 5. The van der Waals surface area contributed by atoms with Crippen molar-refractivity contribution in [3.05, 3.63) is 104 Å². The maximum absolute atomic E-state index is 13.5. The Hall–Kier alpha value is -3.23. The minimum absolute atomic E-state index is 0.0724. The lowest BCUT2D eigenvalue weighted by Gasteiger charge is -2.32. The number of hydrogen-bond donors (Lipinski definition) is 1. The fourth-order valence-electron chi connectivity index (χ4n) is 6.31. The molecule has 0 aromatic heterocycles. The molecule has 0 aliphatic carbocycles. The fraction of sp³-hybridized carbons (Fsp3) is 0.296. The van der Waals surface area contributed by atoms with Gasteiger partial charge in [0.25, 0.3) is 11.9 Å². The van der Waals surface area contributed by atoms with Crippen LogP contribution < -0.4 is 10.1 Å². The first kappa shape index (κ1) is 22.2. The van der Waals surface area contributed by atoms with Crippen molar-refractivity contribution in [1.82, 2.24) is 4.90 Å². The van der Waals surface area contributed by atoms with Crippen molar-refractivity contribution in [3.63, 3.8) is 0 Å². The molecule has 3 aliphatic rings. The molecule has 1 amide bonds. The van der Waals surface area contributed by atoms with Gasteiger partial charge in [0, 0.05) is 33.2 Å². The summed E-state index contributed by atoms with van der Waals surface area (Å²) in [5.74, 6) is 0.0171. The predicted molar refractivity (Wildman–Crippen MR) is 135 cm³/mol. The Morgan fingerprint density at radius 3 is 2.57 bits per heavy atom. The van der Waals surface area contributed by atoms with Crippen LogP contribution in [0.4, 0.5) is 5.69 Å². The average molecular weight is 534 g/mol. The fourth-order valence-corrected chi connectivity index (χ4v) is 6.57. The van der Waals surface area contributed by atoms with E-state index in [0.29, 0.717) is 24.6 Å². The normalized spacial score (nSPS) is 27.0. The van der Waals surface area contributed by atoms with E-state index in [2.05, 4.69) is 26.1 Å². The first-order valence-corrected chi connectivity index (χ1v) is 12.6. The number of para-hydroxylation sites is 1. The van der Waals surface area contributed by atoms with Crippen molar-refractivity contribution in [3.8, 4) is 5.75 Å². The summed E-state index contributed by atoms with van der Waals surface area (Å²) in [7, 11) is 0. The lowest BCUT2D eigenvalue weighted by Crippen LogP contribution is -2.55. The average Bonchev–Trinajstić information content (AvgIpc) is 3.52. The van der Waals surface area contributed by atoms with Crippen molar-refractivity contribution in [1.29, 1.82) is 0 Å². The highest BCUT2D eigenvalue weighted by atomic mass is 79.9.